The number of amides is 1. The van der Waals surface area contributed by atoms with Crippen LogP contribution in [0.2, 0.25) is 0 Å². The Balaban J connectivity index is 2.86. The van der Waals surface area contributed by atoms with E-state index in [1.165, 1.54) is 4.88 Å². The van der Waals surface area contributed by atoms with Crippen molar-refractivity contribution in [3.63, 3.8) is 0 Å². The van der Waals surface area contributed by atoms with Crippen molar-refractivity contribution >= 4 is 17.2 Å². The van der Waals surface area contributed by atoms with Crippen LogP contribution in [-0.4, -0.2) is 48.9 Å². The van der Waals surface area contributed by atoms with Crippen molar-refractivity contribution < 1.29 is 4.79 Å². The Labute approximate surface area is 133 Å². The molecule has 21 heavy (non-hydrogen) atoms. The minimum atomic E-state index is -0.0142. The highest BCUT2D eigenvalue weighted by molar-refractivity contribution is 7.10. The molecule has 3 nitrogen and oxygen atoms in total. The van der Waals surface area contributed by atoms with E-state index in [0.717, 1.165) is 45.4 Å². The first-order valence-corrected chi connectivity index (χ1v) is 9.02. The molecule has 0 aliphatic carbocycles. The summed E-state index contributed by atoms with van der Waals surface area (Å²) in [5.74, 6) is 0.281. The molecule has 1 aromatic rings. The summed E-state index contributed by atoms with van der Waals surface area (Å²) in [7, 11) is 2.11. The van der Waals surface area contributed by atoms with Gasteiger partial charge in [-0.3, -0.25) is 4.79 Å². The summed E-state index contributed by atoms with van der Waals surface area (Å²) in [5, 5.41) is 2.07. The number of carbonyl (C=O) groups is 1. The van der Waals surface area contributed by atoms with Crippen LogP contribution in [0.25, 0.3) is 0 Å². The van der Waals surface area contributed by atoms with Gasteiger partial charge in [0.05, 0.1) is 5.92 Å². The highest BCUT2D eigenvalue weighted by atomic mass is 32.1. The molecule has 0 fully saturated rings. The fraction of sp³-hybridized carbons (Fsp3) is 0.706. The van der Waals surface area contributed by atoms with Gasteiger partial charge in [-0.05, 0) is 44.3 Å². The van der Waals surface area contributed by atoms with Gasteiger partial charge in [-0.2, -0.15) is 0 Å². The molecule has 0 N–H and O–H groups in total. The van der Waals surface area contributed by atoms with E-state index in [-0.39, 0.29) is 5.92 Å². The van der Waals surface area contributed by atoms with Crippen molar-refractivity contribution in [2.75, 3.05) is 33.2 Å². The van der Waals surface area contributed by atoms with Gasteiger partial charge in [0.2, 0.25) is 5.91 Å². The monoisotopic (exact) mass is 310 g/mol. The Kier molecular flexibility index (Phi) is 8.62. The molecule has 0 aliphatic heterocycles. The number of likely N-dealkylation sites (N-methyl/N-ethyl adjacent to an activating group) is 1. The number of rotatable bonds is 10. The van der Waals surface area contributed by atoms with Crippen molar-refractivity contribution in [1.29, 1.82) is 0 Å². The molecule has 0 bridgehead atoms. The first-order valence-electron chi connectivity index (χ1n) is 8.14. The lowest BCUT2D eigenvalue weighted by atomic mass is 10.0. The molecule has 0 aliphatic rings. The van der Waals surface area contributed by atoms with Crippen molar-refractivity contribution in [3.05, 3.63) is 22.4 Å². The van der Waals surface area contributed by atoms with Crippen LogP contribution in [0.4, 0.5) is 0 Å². The maximum Gasteiger partial charge on any atom is 0.232 e. The van der Waals surface area contributed by atoms with Crippen LogP contribution >= 0.6 is 11.3 Å². The van der Waals surface area contributed by atoms with Gasteiger partial charge in [0.15, 0.2) is 0 Å². The van der Waals surface area contributed by atoms with E-state index in [1.807, 2.05) is 11.0 Å². The molecule has 120 valence electrons. The summed E-state index contributed by atoms with van der Waals surface area (Å²) in [5.41, 5.74) is 0. The summed E-state index contributed by atoms with van der Waals surface area (Å²) in [6.45, 7) is 10.0. The molecule has 0 aromatic carbocycles. The number of thiophene rings is 1. The second-order valence-electron chi connectivity index (χ2n) is 5.66. The van der Waals surface area contributed by atoms with Crippen LogP contribution in [0.3, 0.4) is 0 Å². The zero-order valence-corrected chi connectivity index (χ0v) is 14.8. The lowest BCUT2D eigenvalue weighted by molar-refractivity contribution is -0.133. The zero-order chi connectivity index (χ0) is 15.7. The van der Waals surface area contributed by atoms with E-state index in [2.05, 4.69) is 44.2 Å². The largest absolute Gasteiger partial charge is 0.342 e. The minimum Gasteiger partial charge on any atom is -0.342 e. The third kappa shape index (κ3) is 5.79. The second-order valence-corrected chi connectivity index (χ2v) is 6.63. The molecule has 1 rings (SSSR count). The lowest BCUT2D eigenvalue weighted by Gasteiger charge is -2.29. The summed E-state index contributed by atoms with van der Waals surface area (Å²) >= 11 is 1.70. The predicted molar refractivity (Wildman–Crippen MR) is 92.0 cm³/mol. The van der Waals surface area contributed by atoms with E-state index < -0.39 is 0 Å². The fourth-order valence-electron chi connectivity index (χ4n) is 2.66. The van der Waals surface area contributed by atoms with Gasteiger partial charge in [0.25, 0.3) is 0 Å². The summed E-state index contributed by atoms with van der Waals surface area (Å²) in [6, 6.07) is 4.15. The predicted octanol–water partition coefficient (Wildman–Crippen LogP) is 3.82. The van der Waals surface area contributed by atoms with Crippen LogP contribution in [0.15, 0.2) is 17.5 Å². The standard InChI is InChI=1S/C17H30N2OS/c1-5-10-18(4)14-15(16-9-8-13-21-16)17(20)19(11-6-2)12-7-3/h8-9,13,15H,5-7,10-12,14H2,1-4H3. The number of hydrogen-bond acceptors (Lipinski definition) is 3. The van der Waals surface area contributed by atoms with Crippen LogP contribution < -0.4 is 0 Å². The maximum atomic E-state index is 13.0. The third-order valence-electron chi connectivity index (χ3n) is 3.58. The average molecular weight is 311 g/mol. The molecule has 0 saturated carbocycles. The average Bonchev–Trinajstić information content (AvgIpc) is 2.98. The smallest absolute Gasteiger partial charge is 0.232 e. The van der Waals surface area contributed by atoms with Gasteiger partial charge in [-0.25, -0.2) is 0 Å². The van der Waals surface area contributed by atoms with Gasteiger partial charge in [0, 0.05) is 24.5 Å². The normalized spacial score (nSPS) is 12.6. The Morgan fingerprint density at radius 3 is 2.24 bits per heavy atom. The lowest BCUT2D eigenvalue weighted by Crippen LogP contribution is -2.40. The van der Waals surface area contributed by atoms with E-state index in [1.54, 1.807) is 11.3 Å². The van der Waals surface area contributed by atoms with Crippen LogP contribution in [0, 0.1) is 0 Å². The first-order chi connectivity index (χ1) is 10.1. The topological polar surface area (TPSA) is 23.6 Å². The second kappa shape index (κ2) is 9.96. The summed E-state index contributed by atoms with van der Waals surface area (Å²) in [4.78, 5) is 18.5. The first kappa shape index (κ1) is 18.2. The highest BCUT2D eigenvalue weighted by Crippen LogP contribution is 2.25. The van der Waals surface area contributed by atoms with Crippen molar-refractivity contribution in [2.24, 2.45) is 0 Å². The molecule has 4 heteroatoms. The molecular formula is C17H30N2OS. The Morgan fingerprint density at radius 1 is 1.14 bits per heavy atom. The molecule has 1 atom stereocenters. The summed E-state index contributed by atoms with van der Waals surface area (Å²) in [6.07, 6.45) is 3.16. The molecular weight excluding hydrogens is 280 g/mol. The SMILES string of the molecule is CCCN(C)CC(C(=O)N(CCC)CCC)c1cccs1. The number of hydrogen-bond donors (Lipinski definition) is 0. The molecule has 0 radical (unpaired) electrons. The van der Waals surface area contributed by atoms with E-state index in [0.29, 0.717) is 5.91 Å². The van der Waals surface area contributed by atoms with Gasteiger partial charge in [-0.1, -0.05) is 26.8 Å². The van der Waals surface area contributed by atoms with E-state index in [9.17, 15) is 4.79 Å². The molecule has 0 saturated heterocycles. The molecule has 1 aromatic heterocycles. The maximum absolute atomic E-state index is 13.0. The van der Waals surface area contributed by atoms with Gasteiger partial charge in [0.1, 0.15) is 0 Å². The number of nitrogens with zero attached hydrogens (tertiary/aromatic N) is 2. The van der Waals surface area contributed by atoms with E-state index in [4.69, 9.17) is 0 Å². The highest BCUT2D eigenvalue weighted by Gasteiger charge is 2.27. The minimum absolute atomic E-state index is 0.0142. The van der Waals surface area contributed by atoms with Gasteiger partial charge in [-0.15, -0.1) is 11.3 Å². The summed E-state index contributed by atoms with van der Waals surface area (Å²) < 4.78 is 0. The molecule has 1 amide bonds. The molecule has 1 unspecified atom stereocenters. The van der Waals surface area contributed by atoms with E-state index >= 15 is 0 Å². The number of carbonyl (C=O) groups excluding carboxylic acids is 1. The third-order valence-corrected chi connectivity index (χ3v) is 4.57. The van der Waals surface area contributed by atoms with Crippen LogP contribution in [0.1, 0.15) is 50.8 Å². The Morgan fingerprint density at radius 2 is 1.76 bits per heavy atom. The molecule has 1 heterocycles. The molecule has 0 spiro atoms. The van der Waals surface area contributed by atoms with Gasteiger partial charge >= 0.3 is 0 Å². The Hall–Kier alpha value is -0.870. The van der Waals surface area contributed by atoms with Crippen molar-refractivity contribution in [3.8, 4) is 0 Å². The quantitative estimate of drug-likeness (QED) is 0.656. The van der Waals surface area contributed by atoms with Crippen LogP contribution in [0.5, 0.6) is 0 Å². The van der Waals surface area contributed by atoms with Crippen LogP contribution in [-0.2, 0) is 4.79 Å². The van der Waals surface area contributed by atoms with Crippen molar-refractivity contribution in [1.82, 2.24) is 9.80 Å². The Bertz CT molecular complexity index is 386. The van der Waals surface area contributed by atoms with Gasteiger partial charge < -0.3 is 9.80 Å². The fourth-order valence-corrected chi connectivity index (χ4v) is 3.47. The van der Waals surface area contributed by atoms with Crippen molar-refractivity contribution in [2.45, 2.75) is 46.0 Å². The zero-order valence-electron chi connectivity index (χ0n) is 14.0.